The highest BCUT2D eigenvalue weighted by molar-refractivity contribution is 5.76. The molecule has 580 valence electrons. The van der Waals surface area contributed by atoms with Gasteiger partial charge < -0.3 is 65.1 Å². The Balaban J connectivity index is 1.60. The summed E-state index contributed by atoms with van der Waals surface area (Å²) in [7, 11) is 0. The van der Waals surface area contributed by atoms with E-state index in [0.29, 0.717) is 12.8 Å². The number of unbranched alkanes of at least 4 members (excludes halogenated alkanes) is 50. The van der Waals surface area contributed by atoms with Crippen LogP contribution in [0, 0.1) is 0 Å². The minimum absolute atomic E-state index is 0.246. The van der Waals surface area contributed by atoms with Gasteiger partial charge in [-0.1, -0.05) is 357 Å². The lowest BCUT2D eigenvalue weighted by Crippen LogP contribution is -2.65. The lowest BCUT2D eigenvalue weighted by atomic mass is 9.97. The highest BCUT2D eigenvalue weighted by Gasteiger charge is 2.51. The fourth-order valence-electron chi connectivity index (χ4n) is 13.8. The first-order chi connectivity index (χ1) is 48.6. The molecule has 2 aliphatic rings. The highest BCUT2D eigenvalue weighted by atomic mass is 16.7. The predicted molar refractivity (Wildman–Crippen MR) is 411 cm³/mol. The van der Waals surface area contributed by atoms with Crippen LogP contribution in [0.25, 0.3) is 0 Å². The number of ether oxygens (including phenoxy) is 4. The molecule has 0 saturated carbocycles. The van der Waals surface area contributed by atoms with Gasteiger partial charge in [0.15, 0.2) is 12.6 Å². The van der Waals surface area contributed by atoms with Gasteiger partial charge in [-0.15, -0.1) is 0 Å². The maximum Gasteiger partial charge on any atom is 0.220 e. The summed E-state index contributed by atoms with van der Waals surface area (Å²) in [5, 5.41) is 87.7. The van der Waals surface area contributed by atoms with Crippen molar-refractivity contribution < 1.29 is 64.6 Å². The number of allylic oxidation sites excluding steroid dienone is 9. The first kappa shape index (κ1) is 92.8. The molecule has 14 nitrogen and oxygen atoms in total. The van der Waals surface area contributed by atoms with Gasteiger partial charge in [-0.25, -0.2) is 0 Å². The summed E-state index contributed by atoms with van der Waals surface area (Å²) in [5.41, 5.74) is 0. The Labute approximate surface area is 606 Å². The van der Waals surface area contributed by atoms with Crippen molar-refractivity contribution in [3.63, 3.8) is 0 Å². The van der Waals surface area contributed by atoms with Gasteiger partial charge in [-0.2, -0.15) is 0 Å². The van der Waals surface area contributed by atoms with E-state index < -0.39 is 86.8 Å². The zero-order valence-corrected chi connectivity index (χ0v) is 63.7. The first-order valence-electron chi connectivity index (χ1n) is 42.0. The van der Waals surface area contributed by atoms with Crippen LogP contribution < -0.4 is 5.32 Å². The molecule has 0 aromatic heterocycles. The van der Waals surface area contributed by atoms with E-state index in [1.807, 2.05) is 6.08 Å². The van der Waals surface area contributed by atoms with Crippen molar-refractivity contribution in [3.05, 3.63) is 60.8 Å². The van der Waals surface area contributed by atoms with Gasteiger partial charge in [0.05, 0.1) is 32.0 Å². The molecule has 12 unspecified atom stereocenters. The Morgan fingerprint density at radius 2 is 0.677 bits per heavy atom. The Bertz CT molecular complexity index is 1900. The number of carbonyl (C=O) groups is 1. The quantitative estimate of drug-likeness (QED) is 0.0204. The number of rotatable bonds is 71. The van der Waals surface area contributed by atoms with Crippen molar-refractivity contribution in [2.45, 2.75) is 453 Å². The smallest absolute Gasteiger partial charge is 0.220 e. The van der Waals surface area contributed by atoms with E-state index in [-0.39, 0.29) is 18.9 Å². The molecule has 0 bridgehead atoms. The molecule has 2 rings (SSSR count). The van der Waals surface area contributed by atoms with Gasteiger partial charge in [-0.3, -0.25) is 4.79 Å². The molecule has 0 spiro atoms. The number of amides is 1. The summed E-state index contributed by atoms with van der Waals surface area (Å²) >= 11 is 0. The SMILES string of the molecule is CCCCCCC/C=C\C/C=C\CCCCCCCCCCCCCCCCCCCCCCCCCCCC(=O)NC(COC1OC(CO)C(OC2OC(CO)C(O)C(O)C2O)C(O)C1O)C(O)/C=C/CC/C=C/CC/C=C/CCCCCCCCCCCCCCCCCCCC. The molecule has 0 radical (unpaired) electrons. The van der Waals surface area contributed by atoms with Crippen LogP contribution in [0.4, 0.5) is 0 Å². The molecule has 12 atom stereocenters. The zero-order valence-electron chi connectivity index (χ0n) is 63.7. The van der Waals surface area contributed by atoms with Crippen LogP contribution in [0.3, 0.4) is 0 Å². The second-order valence-corrected chi connectivity index (χ2v) is 29.6. The summed E-state index contributed by atoms with van der Waals surface area (Å²) in [6.45, 7) is 2.82. The standard InChI is InChI=1S/C85H157NO13/c1-3-5-7-9-11-13-15-17-19-21-23-25-27-29-31-33-34-35-36-37-38-39-40-41-43-45-47-49-51-53-55-57-59-61-63-65-67-69-77(90)86-73(72-96-84-82(95)80(93)83(76(71-88)98-84)99-85-81(94)79(92)78(91)75(70-87)97-85)74(89)68-66-64-62-60-58-56-54-52-50-48-46-44-42-32-30-28-26-24-22-20-18-16-14-12-10-8-6-4-2/h15,17,21,23,50,52,58,60,66,68,73-76,78-85,87-89,91-95H,3-14,16,18-20,22,24-49,51,53-57,59,61-65,67,69-72H2,1-2H3,(H,86,90)/b17-15-,23-21-,52-50+,60-58+,68-66+. The molecule has 9 N–H and O–H groups in total. The van der Waals surface area contributed by atoms with Crippen LogP contribution in [0.1, 0.15) is 380 Å². The Hall–Kier alpha value is -2.31. The summed E-state index contributed by atoms with van der Waals surface area (Å²) in [5.74, 6) is -0.246. The Morgan fingerprint density at radius 1 is 0.364 bits per heavy atom. The van der Waals surface area contributed by atoms with Gasteiger partial charge in [0.1, 0.15) is 48.8 Å². The third-order valence-corrected chi connectivity index (χ3v) is 20.4. The van der Waals surface area contributed by atoms with Gasteiger partial charge in [0.25, 0.3) is 0 Å². The summed E-state index contributed by atoms with van der Waals surface area (Å²) in [4.78, 5) is 13.4. The van der Waals surface area contributed by atoms with E-state index >= 15 is 0 Å². The summed E-state index contributed by atoms with van der Waals surface area (Å²) in [6, 6.07) is -0.940. The molecule has 2 saturated heterocycles. The van der Waals surface area contributed by atoms with Crippen LogP contribution in [0.5, 0.6) is 0 Å². The van der Waals surface area contributed by atoms with Crippen molar-refractivity contribution in [3.8, 4) is 0 Å². The zero-order chi connectivity index (χ0) is 71.5. The fraction of sp³-hybridized carbons (Fsp3) is 0.871. The normalized spacial score (nSPS) is 22.2. The lowest BCUT2D eigenvalue weighted by molar-refractivity contribution is -0.359. The Morgan fingerprint density at radius 3 is 1.05 bits per heavy atom. The number of nitrogens with one attached hydrogen (secondary N) is 1. The average Bonchev–Trinajstić information content (AvgIpc) is 0.793. The van der Waals surface area contributed by atoms with Gasteiger partial charge in [0.2, 0.25) is 5.91 Å². The summed E-state index contributed by atoms with van der Waals surface area (Å²) in [6.07, 6.45) is 77.5. The molecule has 0 aromatic rings. The maximum atomic E-state index is 13.4. The first-order valence-corrected chi connectivity index (χ1v) is 42.0. The average molecular weight is 1400 g/mol. The Kier molecular flexibility index (Phi) is 64.5. The van der Waals surface area contributed by atoms with Crippen molar-refractivity contribution in [2.24, 2.45) is 0 Å². The third kappa shape index (κ3) is 51.5. The number of aliphatic hydroxyl groups excluding tert-OH is 8. The molecule has 1 amide bonds. The van der Waals surface area contributed by atoms with E-state index in [1.54, 1.807) is 6.08 Å². The van der Waals surface area contributed by atoms with Gasteiger partial charge in [0, 0.05) is 6.42 Å². The van der Waals surface area contributed by atoms with Crippen LogP contribution in [-0.2, 0) is 23.7 Å². The van der Waals surface area contributed by atoms with Gasteiger partial charge in [-0.05, 0) is 77.0 Å². The lowest BCUT2D eigenvalue weighted by Gasteiger charge is -2.46. The van der Waals surface area contributed by atoms with E-state index in [4.69, 9.17) is 18.9 Å². The molecular weight excluding hydrogens is 1240 g/mol. The van der Waals surface area contributed by atoms with Crippen LogP contribution >= 0.6 is 0 Å². The van der Waals surface area contributed by atoms with E-state index in [1.165, 1.54) is 295 Å². The fourth-order valence-corrected chi connectivity index (χ4v) is 13.8. The summed E-state index contributed by atoms with van der Waals surface area (Å²) < 4.78 is 22.9. The maximum absolute atomic E-state index is 13.4. The van der Waals surface area contributed by atoms with Crippen molar-refractivity contribution in [1.29, 1.82) is 0 Å². The molecular formula is C85H157NO13. The molecule has 2 heterocycles. The topological polar surface area (TPSA) is 228 Å². The second kappa shape index (κ2) is 68.8. The van der Waals surface area contributed by atoms with E-state index in [9.17, 15) is 45.6 Å². The molecule has 2 fully saturated rings. The largest absolute Gasteiger partial charge is 0.394 e. The molecule has 99 heavy (non-hydrogen) atoms. The van der Waals surface area contributed by atoms with Crippen LogP contribution in [0.2, 0.25) is 0 Å². The van der Waals surface area contributed by atoms with Gasteiger partial charge >= 0.3 is 0 Å². The highest BCUT2D eigenvalue weighted by Crippen LogP contribution is 2.30. The molecule has 0 aromatic carbocycles. The van der Waals surface area contributed by atoms with E-state index in [2.05, 4.69) is 67.8 Å². The van der Waals surface area contributed by atoms with Crippen molar-refractivity contribution in [2.75, 3.05) is 19.8 Å². The van der Waals surface area contributed by atoms with Crippen molar-refractivity contribution in [1.82, 2.24) is 5.32 Å². The number of carbonyl (C=O) groups excluding carboxylic acids is 1. The number of aliphatic hydroxyl groups is 8. The third-order valence-electron chi connectivity index (χ3n) is 20.4. The molecule has 0 aliphatic carbocycles. The predicted octanol–water partition coefficient (Wildman–Crippen LogP) is 19.5. The number of hydrogen-bond donors (Lipinski definition) is 9. The molecule has 14 heteroatoms. The minimum atomic E-state index is -1.79. The molecule has 2 aliphatic heterocycles. The monoisotopic (exact) mass is 1400 g/mol. The van der Waals surface area contributed by atoms with Crippen LogP contribution in [0.15, 0.2) is 60.8 Å². The van der Waals surface area contributed by atoms with Crippen molar-refractivity contribution >= 4 is 5.91 Å². The number of hydrogen-bond acceptors (Lipinski definition) is 13. The van der Waals surface area contributed by atoms with Crippen LogP contribution in [-0.4, -0.2) is 140 Å². The van der Waals surface area contributed by atoms with E-state index in [0.717, 1.165) is 51.4 Å². The minimum Gasteiger partial charge on any atom is -0.394 e. The second-order valence-electron chi connectivity index (χ2n) is 29.6.